The molecule has 4 aliphatic carbocycles. The Labute approximate surface area is 212 Å². The second-order valence-corrected chi connectivity index (χ2v) is 10.5. The molecule has 1 aliphatic heterocycles. The zero-order valence-corrected chi connectivity index (χ0v) is 20.9. The SMILES string of the molecule is COCCOC1=CC=C2Nc3nccc(n3)C34C=C(F)C=C(COC/C=C/CN(C)CC15CC25)C3C4.[HH]. The molecule has 192 valence electrons. The lowest BCUT2D eigenvalue weighted by molar-refractivity contribution is 0.0847. The number of methoxy groups -OCH3 is 1. The van der Waals surface area contributed by atoms with Gasteiger partial charge in [-0.05, 0) is 61.8 Å². The third-order valence-corrected chi connectivity index (χ3v) is 8.08. The van der Waals surface area contributed by atoms with Crippen LogP contribution in [0.5, 0.6) is 0 Å². The van der Waals surface area contributed by atoms with Gasteiger partial charge in [-0.25, -0.2) is 14.4 Å². The molecule has 2 fully saturated rings. The highest BCUT2D eigenvalue weighted by Crippen LogP contribution is 2.64. The molecule has 4 atom stereocenters. The van der Waals surface area contributed by atoms with Crippen molar-refractivity contribution in [3.63, 3.8) is 0 Å². The first-order valence-electron chi connectivity index (χ1n) is 12.7. The smallest absolute Gasteiger partial charge is 0.227 e. The number of aromatic nitrogens is 2. The van der Waals surface area contributed by atoms with Gasteiger partial charge in [-0.15, -0.1) is 0 Å². The number of anilines is 1. The summed E-state index contributed by atoms with van der Waals surface area (Å²) in [6, 6.07) is 1.91. The molecule has 0 saturated heterocycles. The van der Waals surface area contributed by atoms with Crippen LogP contribution < -0.4 is 5.32 Å². The Kier molecular flexibility index (Phi) is 6.06. The van der Waals surface area contributed by atoms with Gasteiger partial charge in [-0.3, -0.25) is 0 Å². The lowest BCUT2D eigenvalue weighted by Crippen LogP contribution is -2.32. The summed E-state index contributed by atoms with van der Waals surface area (Å²) in [5.41, 5.74) is 2.46. The maximum absolute atomic E-state index is 14.7. The Morgan fingerprint density at radius 2 is 2.17 bits per heavy atom. The monoisotopic (exact) mass is 494 g/mol. The maximum Gasteiger partial charge on any atom is 0.227 e. The maximum atomic E-state index is 14.7. The summed E-state index contributed by atoms with van der Waals surface area (Å²) < 4.78 is 31.9. The molecule has 0 spiro atoms. The van der Waals surface area contributed by atoms with Crippen LogP contribution in [0.3, 0.4) is 0 Å². The fourth-order valence-corrected chi connectivity index (χ4v) is 6.13. The molecule has 0 radical (unpaired) electrons. The zero-order valence-electron chi connectivity index (χ0n) is 20.9. The number of hydrogen-bond acceptors (Lipinski definition) is 7. The van der Waals surface area contributed by atoms with Crippen LogP contribution >= 0.6 is 0 Å². The molecular weight excluding hydrogens is 459 g/mol. The second kappa shape index (κ2) is 9.25. The molecule has 1 N–H and O–H groups in total. The van der Waals surface area contributed by atoms with Gasteiger partial charge < -0.3 is 24.4 Å². The molecule has 1 aromatic heterocycles. The molecule has 36 heavy (non-hydrogen) atoms. The van der Waals surface area contributed by atoms with Crippen molar-refractivity contribution in [2.45, 2.75) is 18.3 Å². The number of halogens is 1. The average molecular weight is 495 g/mol. The number of rotatable bonds is 4. The molecule has 2 saturated carbocycles. The number of nitrogens with zero attached hydrogens (tertiary/aromatic N) is 3. The highest BCUT2D eigenvalue weighted by Gasteiger charge is 2.61. The van der Waals surface area contributed by atoms with Gasteiger partial charge in [0.2, 0.25) is 5.95 Å². The number of ether oxygens (including phenoxy) is 3. The van der Waals surface area contributed by atoms with E-state index in [0.29, 0.717) is 38.3 Å². The van der Waals surface area contributed by atoms with Crippen LogP contribution in [0.4, 0.5) is 10.3 Å². The number of nitrogens with one attached hydrogen (secondary N) is 1. The van der Waals surface area contributed by atoms with Gasteiger partial charge in [-0.2, -0.15) is 0 Å². The van der Waals surface area contributed by atoms with Gasteiger partial charge in [0.25, 0.3) is 0 Å². The van der Waals surface area contributed by atoms with Crippen molar-refractivity contribution < 1.29 is 20.0 Å². The highest BCUT2D eigenvalue weighted by molar-refractivity contribution is 5.51. The van der Waals surface area contributed by atoms with E-state index >= 15 is 0 Å². The van der Waals surface area contributed by atoms with Crippen molar-refractivity contribution in [1.29, 1.82) is 0 Å². The first-order chi connectivity index (χ1) is 17.5. The van der Waals surface area contributed by atoms with E-state index in [-0.39, 0.29) is 18.6 Å². The molecule has 6 bridgehead atoms. The molecular formula is C28H35FN4O3. The van der Waals surface area contributed by atoms with E-state index < -0.39 is 5.41 Å². The second-order valence-electron chi connectivity index (χ2n) is 10.5. The molecule has 0 aromatic carbocycles. The Bertz CT molecular complexity index is 1200. The number of fused-ring (bicyclic) bond motifs is 2. The standard InChI is InChI=1S/C28H33FN4O3.H2/c1-33-9-3-4-10-35-17-19-13-20(29)14-27(15-21(19)27)24-7-8-30-26(32-24)31-23-5-6-25(36-12-11-34-2)28(18-33)16-22(23)28;/h3-8,13-14,21-22H,9-12,15-18H2,1-2H3,(H,30,31,32);1H/b4-3+;. The fraction of sp³-hybridized carbons (Fsp3) is 0.500. The lowest BCUT2D eigenvalue weighted by Gasteiger charge is -2.29. The van der Waals surface area contributed by atoms with E-state index in [4.69, 9.17) is 19.2 Å². The van der Waals surface area contributed by atoms with Crippen LogP contribution in [0.1, 0.15) is 20.0 Å². The third kappa shape index (κ3) is 4.21. The normalized spacial score (nSPS) is 34.2. The minimum Gasteiger partial charge on any atom is -0.495 e. The average Bonchev–Trinajstić information content (AvgIpc) is 3.77. The van der Waals surface area contributed by atoms with Gasteiger partial charge in [-0.1, -0.05) is 12.2 Å². The molecule has 0 amide bonds. The van der Waals surface area contributed by atoms with Crippen molar-refractivity contribution in [3.8, 4) is 0 Å². The minimum atomic E-state index is -0.409. The van der Waals surface area contributed by atoms with Crippen molar-refractivity contribution in [3.05, 3.63) is 77.3 Å². The van der Waals surface area contributed by atoms with Crippen LogP contribution in [-0.4, -0.2) is 68.5 Å². The highest BCUT2D eigenvalue weighted by atomic mass is 19.1. The summed E-state index contributed by atoms with van der Waals surface area (Å²) in [7, 11) is 3.82. The lowest BCUT2D eigenvalue weighted by atomic mass is 9.90. The molecule has 8 heteroatoms. The van der Waals surface area contributed by atoms with Crippen LogP contribution in [0.2, 0.25) is 0 Å². The first kappa shape index (κ1) is 23.6. The first-order valence-corrected chi connectivity index (χ1v) is 12.7. The Hall–Kier alpha value is -2.81. The summed E-state index contributed by atoms with van der Waals surface area (Å²) in [4.78, 5) is 11.7. The van der Waals surface area contributed by atoms with E-state index in [1.54, 1.807) is 25.5 Å². The van der Waals surface area contributed by atoms with Crippen LogP contribution in [-0.2, 0) is 19.6 Å². The van der Waals surface area contributed by atoms with Crippen molar-refractivity contribution in [2.75, 3.05) is 59.0 Å². The van der Waals surface area contributed by atoms with Crippen LogP contribution in [0.25, 0.3) is 0 Å². The third-order valence-electron chi connectivity index (χ3n) is 8.08. The topological polar surface area (TPSA) is 68.7 Å². The van der Waals surface area contributed by atoms with E-state index in [0.717, 1.165) is 48.7 Å². The van der Waals surface area contributed by atoms with Crippen LogP contribution in [0, 0.1) is 17.3 Å². The minimum absolute atomic E-state index is 0. The quantitative estimate of drug-likeness (QED) is 0.498. The van der Waals surface area contributed by atoms with Gasteiger partial charge in [0.1, 0.15) is 18.2 Å². The summed E-state index contributed by atoms with van der Waals surface area (Å²) >= 11 is 0. The summed E-state index contributed by atoms with van der Waals surface area (Å²) in [6.45, 7) is 3.71. The van der Waals surface area contributed by atoms with E-state index in [1.165, 1.54) is 0 Å². The molecule has 5 aliphatic rings. The molecule has 1 aromatic rings. The van der Waals surface area contributed by atoms with E-state index in [1.807, 2.05) is 12.1 Å². The fourth-order valence-electron chi connectivity index (χ4n) is 6.13. The Balaban J connectivity index is 0.00000280. The Morgan fingerprint density at radius 1 is 1.25 bits per heavy atom. The zero-order chi connectivity index (χ0) is 24.8. The summed E-state index contributed by atoms with van der Waals surface area (Å²) in [5.74, 6) is 1.87. The number of likely N-dealkylation sites (N-methyl/N-ethyl adjacent to an activating group) is 1. The van der Waals surface area contributed by atoms with E-state index in [2.05, 4.69) is 40.5 Å². The molecule has 7 nitrogen and oxygen atoms in total. The molecule has 2 heterocycles. The summed E-state index contributed by atoms with van der Waals surface area (Å²) in [6.07, 6.45) is 15.3. The van der Waals surface area contributed by atoms with Gasteiger partial charge in [0.05, 0.1) is 25.5 Å². The largest absolute Gasteiger partial charge is 0.495 e. The van der Waals surface area contributed by atoms with Crippen LogP contribution in [0.15, 0.2) is 71.6 Å². The number of hydrogen-bond donors (Lipinski definition) is 1. The Morgan fingerprint density at radius 3 is 3.06 bits per heavy atom. The van der Waals surface area contributed by atoms with Crippen molar-refractivity contribution in [1.82, 2.24) is 14.9 Å². The van der Waals surface area contributed by atoms with Crippen molar-refractivity contribution >= 4 is 5.95 Å². The van der Waals surface area contributed by atoms with Gasteiger partial charge >= 0.3 is 0 Å². The predicted molar refractivity (Wildman–Crippen MR) is 137 cm³/mol. The summed E-state index contributed by atoms with van der Waals surface area (Å²) in [5, 5.41) is 3.49. The van der Waals surface area contributed by atoms with Crippen molar-refractivity contribution in [2.24, 2.45) is 17.3 Å². The molecule has 6 rings (SSSR count). The molecule has 4 unspecified atom stereocenters. The van der Waals surface area contributed by atoms with Gasteiger partial charge in [0.15, 0.2) is 0 Å². The number of allylic oxidation sites excluding steroid dienone is 6. The van der Waals surface area contributed by atoms with E-state index in [9.17, 15) is 4.39 Å². The predicted octanol–water partition coefficient (Wildman–Crippen LogP) is 4.15. The van der Waals surface area contributed by atoms with Gasteiger partial charge in [0, 0.05) is 50.3 Å².